The molecule has 4 heteroatoms. The van der Waals surface area contributed by atoms with E-state index in [9.17, 15) is 4.57 Å². The number of rotatable bonds is 4. The average Bonchev–Trinajstić information content (AvgIpc) is 2.59. The highest BCUT2D eigenvalue weighted by atomic mass is 31.2. The fourth-order valence-corrected chi connectivity index (χ4v) is 6.09. The molecule has 0 atom stereocenters. The lowest BCUT2D eigenvalue weighted by Gasteiger charge is -2.52. The monoisotopic (exact) mass is 357 g/mol. The highest BCUT2D eigenvalue weighted by molar-refractivity contribution is 7.74. The van der Waals surface area contributed by atoms with Crippen LogP contribution in [0.25, 0.3) is 0 Å². The predicted molar refractivity (Wildman–Crippen MR) is 105 cm³/mol. The minimum Gasteiger partial charge on any atom is -0.281 e. The Hall–Kier alpha value is -1.41. The average molecular weight is 357 g/mol. The SMILES string of the molecule is CC1(C)CCCC(C)(C)N1OP(=O)(c1ccccc1)c1ccccc1. The van der Waals surface area contributed by atoms with Crippen LogP contribution < -0.4 is 10.6 Å². The first kappa shape index (κ1) is 18.4. The van der Waals surface area contributed by atoms with Gasteiger partial charge in [-0.1, -0.05) is 36.4 Å². The second-order valence-corrected chi connectivity index (χ2v) is 10.4. The van der Waals surface area contributed by atoms with Crippen LogP contribution in [0.2, 0.25) is 0 Å². The minimum atomic E-state index is -3.23. The van der Waals surface area contributed by atoms with Crippen molar-refractivity contribution >= 4 is 18.0 Å². The van der Waals surface area contributed by atoms with Gasteiger partial charge in [0.2, 0.25) is 0 Å². The van der Waals surface area contributed by atoms with E-state index in [1.807, 2.05) is 65.7 Å². The number of benzene rings is 2. The van der Waals surface area contributed by atoms with Crippen LogP contribution in [0.3, 0.4) is 0 Å². The fourth-order valence-electron chi connectivity index (χ4n) is 3.80. The molecule has 0 saturated carbocycles. The van der Waals surface area contributed by atoms with Gasteiger partial charge in [0.05, 0.1) is 0 Å². The molecule has 1 heterocycles. The van der Waals surface area contributed by atoms with Crippen LogP contribution >= 0.6 is 7.37 Å². The summed E-state index contributed by atoms with van der Waals surface area (Å²) >= 11 is 0. The van der Waals surface area contributed by atoms with Crippen molar-refractivity contribution in [2.75, 3.05) is 0 Å². The molecule has 0 unspecified atom stereocenters. The van der Waals surface area contributed by atoms with Crippen LogP contribution in [0.5, 0.6) is 0 Å². The molecular weight excluding hydrogens is 329 g/mol. The van der Waals surface area contributed by atoms with Crippen molar-refractivity contribution < 1.29 is 9.19 Å². The molecule has 0 amide bonds. The van der Waals surface area contributed by atoms with E-state index in [2.05, 4.69) is 27.7 Å². The van der Waals surface area contributed by atoms with Crippen LogP contribution in [0, 0.1) is 0 Å². The number of piperidine rings is 1. The topological polar surface area (TPSA) is 29.5 Å². The van der Waals surface area contributed by atoms with Gasteiger partial charge in [-0.2, -0.15) is 5.06 Å². The van der Waals surface area contributed by atoms with Gasteiger partial charge in [-0.05, 0) is 71.2 Å². The van der Waals surface area contributed by atoms with Gasteiger partial charge < -0.3 is 0 Å². The van der Waals surface area contributed by atoms with E-state index in [0.717, 1.165) is 29.9 Å². The first-order chi connectivity index (χ1) is 11.8. The van der Waals surface area contributed by atoms with Crippen molar-refractivity contribution in [2.24, 2.45) is 0 Å². The zero-order chi connectivity index (χ0) is 18.1. The van der Waals surface area contributed by atoms with Crippen LogP contribution in [-0.4, -0.2) is 16.1 Å². The molecule has 134 valence electrons. The second kappa shape index (κ2) is 6.72. The summed E-state index contributed by atoms with van der Waals surface area (Å²) in [5.41, 5.74) is -0.331. The Labute approximate surface area is 151 Å². The first-order valence-electron chi connectivity index (χ1n) is 8.97. The van der Waals surface area contributed by atoms with Gasteiger partial charge in [-0.3, -0.25) is 4.57 Å². The van der Waals surface area contributed by atoms with Crippen molar-refractivity contribution in [1.29, 1.82) is 0 Å². The summed E-state index contributed by atoms with van der Waals surface area (Å²) in [5, 5.41) is 3.47. The van der Waals surface area contributed by atoms with E-state index in [4.69, 9.17) is 4.62 Å². The zero-order valence-electron chi connectivity index (χ0n) is 15.6. The molecule has 2 aromatic rings. The summed E-state index contributed by atoms with van der Waals surface area (Å²) < 4.78 is 20.7. The summed E-state index contributed by atoms with van der Waals surface area (Å²) in [6.45, 7) is 8.70. The molecule has 0 aliphatic carbocycles. The Morgan fingerprint density at radius 2 is 1.20 bits per heavy atom. The maximum atomic E-state index is 14.2. The highest BCUT2D eigenvalue weighted by Crippen LogP contribution is 2.51. The van der Waals surface area contributed by atoms with Gasteiger partial charge in [0, 0.05) is 21.7 Å². The van der Waals surface area contributed by atoms with Crippen LogP contribution in [0.1, 0.15) is 47.0 Å². The van der Waals surface area contributed by atoms with E-state index in [1.165, 1.54) is 0 Å². The number of nitrogens with zero attached hydrogens (tertiary/aromatic N) is 1. The molecule has 3 rings (SSSR count). The summed E-state index contributed by atoms with van der Waals surface area (Å²) in [7, 11) is -3.23. The lowest BCUT2D eigenvalue weighted by Crippen LogP contribution is -2.58. The normalized spacial score (nSPS) is 20.3. The third-order valence-electron chi connectivity index (χ3n) is 5.07. The van der Waals surface area contributed by atoms with Gasteiger partial charge in [0.15, 0.2) is 0 Å². The maximum Gasteiger partial charge on any atom is 0.277 e. The number of hydrogen-bond donors (Lipinski definition) is 0. The molecule has 25 heavy (non-hydrogen) atoms. The summed E-state index contributed by atoms with van der Waals surface area (Å²) in [4.78, 5) is 0. The van der Waals surface area contributed by atoms with E-state index in [0.29, 0.717) is 0 Å². The Balaban J connectivity index is 2.09. The molecule has 3 nitrogen and oxygen atoms in total. The van der Waals surface area contributed by atoms with Crippen molar-refractivity contribution in [1.82, 2.24) is 5.06 Å². The van der Waals surface area contributed by atoms with Crippen LogP contribution in [-0.2, 0) is 9.19 Å². The number of hydrogen-bond acceptors (Lipinski definition) is 3. The molecule has 0 spiro atoms. The first-order valence-corrected chi connectivity index (χ1v) is 10.6. The summed E-state index contributed by atoms with van der Waals surface area (Å²) in [6.07, 6.45) is 3.21. The van der Waals surface area contributed by atoms with Gasteiger partial charge in [0.25, 0.3) is 7.37 Å². The van der Waals surface area contributed by atoms with Gasteiger partial charge in [-0.15, -0.1) is 0 Å². The quantitative estimate of drug-likeness (QED) is 0.730. The van der Waals surface area contributed by atoms with Crippen molar-refractivity contribution in [3.05, 3.63) is 60.7 Å². The second-order valence-electron chi connectivity index (χ2n) is 8.08. The Bertz CT molecular complexity index is 696. The molecule has 1 fully saturated rings. The standard InChI is InChI=1S/C21H28NO2P/c1-20(2)16-11-17-21(3,4)22(20)24-25(23,18-12-7-5-8-13-18)19-14-9-6-10-15-19/h5-10,12-15H,11,16-17H2,1-4H3. The van der Waals surface area contributed by atoms with Gasteiger partial charge in [-0.25, -0.2) is 4.62 Å². The van der Waals surface area contributed by atoms with Crippen LogP contribution in [0.15, 0.2) is 60.7 Å². The van der Waals surface area contributed by atoms with Gasteiger partial charge in [0.1, 0.15) is 0 Å². The largest absolute Gasteiger partial charge is 0.281 e. The van der Waals surface area contributed by atoms with Crippen LogP contribution in [0.4, 0.5) is 0 Å². The fraction of sp³-hybridized carbons (Fsp3) is 0.429. The van der Waals surface area contributed by atoms with Crippen molar-refractivity contribution in [3.8, 4) is 0 Å². The van der Waals surface area contributed by atoms with E-state index in [-0.39, 0.29) is 11.1 Å². The molecule has 1 aliphatic heterocycles. The number of hydroxylamine groups is 2. The van der Waals surface area contributed by atoms with E-state index in [1.54, 1.807) is 0 Å². The van der Waals surface area contributed by atoms with E-state index < -0.39 is 7.37 Å². The Morgan fingerprint density at radius 3 is 1.60 bits per heavy atom. The smallest absolute Gasteiger partial charge is 0.277 e. The molecular formula is C21H28NO2P. The van der Waals surface area contributed by atoms with E-state index >= 15 is 0 Å². The Morgan fingerprint density at radius 1 is 0.800 bits per heavy atom. The molecule has 0 N–H and O–H groups in total. The van der Waals surface area contributed by atoms with Crippen molar-refractivity contribution in [3.63, 3.8) is 0 Å². The minimum absolute atomic E-state index is 0.166. The lowest BCUT2D eigenvalue weighted by molar-refractivity contribution is -0.214. The molecule has 2 aromatic carbocycles. The zero-order valence-corrected chi connectivity index (χ0v) is 16.5. The highest BCUT2D eigenvalue weighted by Gasteiger charge is 2.46. The third kappa shape index (κ3) is 3.60. The Kier molecular flexibility index (Phi) is 4.94. The molecule has 0 radical (unpaired) electrons. The summed E-state index contributed by atoms with van der Waals surface area (Å²) in [5.74, 6) is 0. The van der Waals surface area contributed by atoms with Crippen molar-refractivity contribution in [2.45, 2.75) is 58.0 Å². The molecule has 0 aromatic heterocycles. The lowest BCUT2D eigenvalue weighted by atomic mass is 9.82. The predicted octanol–water partition coefficient (Wildman–Crippen LogP) is 4.89. The molecule has 1 aliphatic rings. The summed E-state index contributed by atoms with van der Waals surface area (Å²) in [6, 6.07) is 19.1. The third-order valence-corrected chi connectivity index (χ3v) is 7.41. The maximum absolute atomic E-state index is 14.2. The molecule has 1 saturated heterocycles. The molecule has 0 bridgehead atoms. The van der Waals surface area contributed by atoms with Gasteiger partial charge >= 0.3 is 0 Å².